The zero-order valence-corrected chi connectivity index (χ0v) is 16.4. The second kappa shape index (κ2) is 25.1. The highest BCUT2D eigenvalue weighted by atomic mass is 16.5. The second-order valence-corrected chi connectivity index (χ2v) is 6.75. The first-order valence-electron chi connectivity index (χ1n) is 10.3. The van der Waals surface area contributed by atoms with Gasteiger partial charge in [0.05, 0.1) is 0 Å². The van der Waals surface area contributed by atoms with E-state index in [9.17, 15) is 0 Å². The number of nitrogens with one attached hydrogen (secondary N) is 1. The van der Waals surface area contributed by atoms with Crippen molar-refractivity contribution in [2.24, 2.45) is 0 Å². The van der Waals surface area contributed by atoms with E-state index < -0.39 is 7.32 Å². The normalized spacial score (nSPS) is 10.4. The van der Waals surface area contributed by atoms with Crippen LogP contribution in [0.15, 0.2) is 0 Å². The fourth-order valence-electron chi connectivity index (χ4n) is 2.85. The maximum absolute atomic E-state index is 7.17. The second-order valence-electron chi connectivity index (χ2n) is 6.75. The molecule has 0 saturated carbocycles. The lowest BCUT2D eigenvalue weighted by atomic mass is 10.0. The van der Waals surface area contributed by atoms with Gasteiger partial charge in [-0.15, -0.1) is 0 Å². The SMILES string of the molecule is CCCCCCCCCCCCCCCCCCNC.OB(O)O. The predicted octanol–water partition coefficient (Wildman–Crippen LogP) is 4.42. The van der Waals surface area contributed by atoms with Gasteiger partial charge in [0.1, 0.15) is 0 Å². The van der Waals surface area contributed by atoms with E-state index in [1.165, 1.54) is 109 Å². The molecule has 0 heterocycles. The van der Waals surface area contributed by atoms with Crippen LogP contribution in [0.5, 0.6) is 0 Å². The molecule has 0 aliphatic heterocycles. The van der Waals surface area contributed by atoms with Crippen LogP contribution in [-0.4, -0.2) is 36.0 Å². The van der Waals surface area contributed by atoms with E-state index in [2.05, 4.69) is 12.2 Å². The molecule has 0 saturated heterocycles. The largest absolute Gasteiger partial charge is 0.631 e. The number of rotatable bonds is 17. The van der Waals surface area contributed by atoms with Crippen molar-refractivity contribution in [3.05, 3.63) is 0 Å². The average molecular weight is 345 g/mol. The smallest absolute Gasteiger partial charge is 0.402 e. The van der Waals surface area contributed by atoms with Crippen molar-refractivity contribution in [2.45, 2.75) is 110 Å². The van der Waals surface area contributed by atoms with Gasteiger partial charge in [0.15, 0.2) is 0 Å². The van der Waals surface area contributed by atoms with Crippen molar-refractivity contribution in [2.75, 3.05) is 13.6 Å². The third kappa shape index (κ3) is 33.5. The first kappa shape index (κ1) is 26.1. The molecule has 0 radical (unpaired) electrons. The van der Waals surface area contributed by atoms with E-state index in [0.717, 1.165) is 0 Å². The van der Waals surface area contributed by atoms with Gasteiger partial charge in [0, 0.05) is 0 Å². The van der Waals surface area contributed by atoms with Gasteiger partial charge in [-0.1, -0.05) is 103 Å². The van der Waals surface area contributed by atoms with E-state index >= 15 is 0 Å². The van der Waals surface area contributed by atoms with Crippen molar-refractivity contribution in [3.63, 3.8) is 0 Å². The van der Waals surface area contributed by atoms with Crippen LogP contribution < -0.4 is 5.32 Å². The van der Waals surface area contributed by atoms with Gasteiger partial charge in [-0.25, -0.2) is 0 Å². The first-order chi connectivity index (χ1) is 11.6. The van der Waals surface area contributed by atoms with Crippen LogP contribution in [0.4, 0.5) is 0 Å². The molecule has 0 amide bonds. The minimum absolute atomic E-state index is 1.19. The fourth-order valence-corrected chi connectivity index (χ4v) is 2.85. The summed E-state index contributed by atoms with van der Waals surface area (Å²) in [6.45, 7) is 3.49. The molecule has 0 aliphatic rings. The average Bonchev–Trinajstić information content (AvgIpc) is 2.54. The van der Waals surface area contributed by atoms with Crippen molar-refractivity contribution in [1.82, 2.24) is 5.32 Å². The standard InChI is InChI=1S/C19H41N.BH3O3/c1-3-4-5-6-7-8-9-10-11-12-13-14-15-16-17-18-19-20-2;2-1(3)4/h20H,3-19H2,1-2H3;2-4H. The number of hydrogen-bond acceptors (Lipinski definition) is 4. The lowest BCUT2D eigenvalue weighted by molar-refractivity contribution is 0.278. The Morgan fingerprint density at radius 1 is 0.542 bits per heavy atom. The summed E-state index contributed by atoms with van der Waals surface area (Å²) in [6.07, 6.45) is 23.2. The van der Waals surface area contributed by atoms with Crippen molar-refractivity contribution >= 4 is 7.32 Å². The number of unbranched alkanes of at least 4 members (excludes halogenated alkanes) is 15. The van der Waals surface area contributed by atoms with Crippen molar-refractivity contribution in [1.29, 1.82) is 0 Å². The van der Waals surface area contributed by atoms with Gasteiger partial charge < -0.3 is 20.4 Å². The number of hydrogen-bond donors (Lipinski definition) is 4. The zero-order chi connectivity index (χ0) is 18.3. The van der Waals surface area contributed by atoms with Gasteiger partial charge in [-0.2, -0.15) is 0 Å². The molecule has 0 aromatic carbocycles. The summed E-state index contributed by atoms with van der Waals surface area (Å²) in [7, 11) is -0.120. The van der Waals surface area contributed by atoms with Gasteiger partial charge in [0.25, 0.3) is 0 Å². The minimum atomic E-state index is -2.17. The van der Waals surface area contributed by atoms with E-state index in [0.29, 0.717) is 0 Å². The summed E-state index contributed by atoms with van der Waals surface area (Å²) < 4.78 is 0. The first-order valence-corrected chi connectivity index (χ1v) is 10.3. The quantitative estimate of drug-likeness (QED) is 0.233. The Kier molecular flexibility index (Phi) is 27.4. The monoisotopic (exact) mass is 345 g/mol. The fraction of sp³-hybridized carbons (Fsp3) is 1.00. The Hall–Kier alpha value is -0.0951. The summed E-state index contributed by atoms with van der Waals surface area (Å²) in [5.74, 6) is 0. The lowest BCUT2D eigenvalue weighted by Crippen LogP contribution is -2.07. The summed E-state index contributed by atoms with van der Waals surface area (Å²) in [4.78, 5) is 0. The Bertz CT molecular complexity index is 186. The topological polar surface area (TPSA) is 72.7 Å². The predicted molar refractivity (Wildman–Crippen MR) is 106 cm³/mol. The van der Waals surface area contributed by atoms with Gasteiger partial charge in [-0.3, -0.25) is 0 Å². The maximum atomic E-state index is 7.17. The van der Waals surface area contributed by atoms with Crippen LogP contribution in [0.25, 0.3) is 0 Å². The van der Waals surface area contributed by atoms with Crippen molar-refractivity contribution < 1.29 is 15.1 Å². The molecule has 0 aromatic heterocycles. The Morgan fingerprint density at radius 3 is 1.04 bits per heavy atom. The van der Waals surface area contributed by atoms with Gasteiger partial charge in [-0.05, 0) is 20.0 Å². The molecule has 0 rings (SSSR count). The minimum Gasteiger partial charge on any atom is -0.402 e. The molecule has 0 bridgehead atoms. The van der Waals surface area contributed by atoms with Gasteiger partial charge >= 0.3 is 7.32 Å². The molecule has 0 fully saturated rings. The highest BCUT2D eigenvalue weighted by molar-refractivity contribution is 6.30. The lowest BCUT2D eigenvalue weighted by Gasteiger charge is -2.03. The molecular formula is C19H44BNO3. The van der Waals surface area contributed by atoms with Crippen LogP contribution in [-0.2, 0) is 0 Å². The molecule has 0 atom stereocenters. The molecule has 0 spiro atoms. The summed E-state index contributed by atoms with van der Waals surface area (Å²) in [5, 5.41) is 24.7. The van der Waals surface area contributed by atoms with E-state index in [1.807, 2.05) is 7.05 Å². The molecule has 4 nitrogen and oxygen atoms in total. The summed E-state index contributed by atoms with van der Waals surface area (Å²) in [6, 6.07) is 0. The molecule has 24 heavy (non-hydrogen) atoms. The van der Waals surface area contributed by atoms with Crippen LogP contribution in [0.2, 0.25) is 0 Å². The Balaban J connectivity index is 0. The van der Waals surface area contributed by atoms with Crippen LogP contribution in [0, 0.1) is 0 Å². The van der Waals surface area contributed by atoms with Crippen molar-refractivity contribution in [3.8, 4) is 0 Å². The molecular weight excluding hydrogens is 301 g/mol. The highest BCUT2D eigenvalue weighted by Crippen LogP contribution is 2.13. The summed E-state index contributed by atoms with van der Waals surface area (Å²) in [5.41, 5.74) is 0. The molecule has 0 aliphatic carbocycles. The maximum Gasteiger partial charge on any atom is 0.631 e. The zero-order valence-electron chi connectivity index (χ0n) is 16.4. The van der Waals surface area contributed by atoms with E-state index in [4.69, 9.17) is 15.1 Å². The Labute approximate surface area is 151 Å². The van der Waals surface area contributed by atoms with Gasteiger partial charge in [0.2, 0.25) is 0 Å². The van der Waals surface area contributed by atoms with E-state index in [1.54, 1.807) is 0 Å². The molecule has 5 heteroatoms. The third-order valence-corrected chi connectivity index (χ3v) is 4.28. The van der Waals surface area contributed by atoms with Crippen LogP contribution in [0.3, 0.4) is 0 Å². The highest BCUT2D eigenvalue weighted by Gasteiger charge is 1.94. The summed E-state index contributed by atoms with van der Waals surface area (Å²) >= 11 is 0. The molecule has 0 unspecified atom stereocenters. The molecule has 0 aromatic rings. The Morgan fingerprint density at radius 2 is 0.792 bits per heavy atom. The van der Waals surface area contributed by atoms with E-state index in [-0.39, 0.29) is 0 Å². The molecule has 4 N–H and O–H groups in total. The third-order valence-electron chi connectivity index (χ3n) is 4.28. The van der Waals surface area contributed by atoms with Crippen LogP contribution in [0.1, 0.15) is 110 Å². The van der Waals surface area contributed by atoms with Crippen LogP contribution >= 0.6 is 0 Å². The molecule has 146 valence electrons.